The van der Waals surface area contributed by atoms with Gasteiger partial charge in [0.2, 0.25) is 5.91 Å². The molecule has 0 aromatic carbocycles. The molecule has 3 aliphatic rings. The van der Waals surface area contributed by atoms with Crippen molar-refractivity contribution in [3.8, 4) is 11.3 Å². The Morgan fingerprint density at radius 3 is 2.54 bits per heavy atom. The summed E-state index contributed by atoms with van der Waals surface area (Å²) in [6.07, 6.45) is 11.9. The molecule has 2 aliphatic heterocycles. The third-order valence-corrected chi connectivity index (χ3v) is 6.35. The van der Waals surface area contributed by atoms with E-state index in [0.29, 0.717) is 23.9 Å². The van der Waals surface area contributed by atoms with E-state index >= 15 is 0 Å². The van der Waals surface area contributed by atoms with Gasteiger partial charge in [0.15, 0.2) is 5.65 Å². The second-order valence-electron chi connectivity index (χ2n) is 8.32. The molecule has 8 nitrogen and oxygen atoms in total. The molecule has 8 heteroatoms. The number of aromatic nitrogens is 5. The maximum absolute atomic E-state index is 12.7. The minimum absolute atomic E-state index is 0.302. The van der Waals surface area contributed by atoms with E-state index in [4.69, 9.17) is 4.98 Å². The highest BCUT2D eigenvalue weighted by molar-refractivity contribution is 5.82. The molecule has 0 N–H and O–H groups in total. The van der Waals surface area contributed by atoms with Crippen LogP contribution in [0.1, 0.15) is 25.7 Å². The summed E-state index contributed by atoms with van der Waals surface area (Å²) in [5.41, 5.74) is 3.82. The van der Waals surface area contributed by atoms with Gasteiger partial charge in [-0.05, 0) is 31.7 Å². The zero-order chi connectivity index (χ0) is 18.8. The second-order valence-corrected chi connectivity index (χ2v) is 8.32. The lowest BCUT2D eigenvalue weighted by molar-refractivity contribution is -0.135. The summed E-state index contributed by atoms with van der Waals surface area (Å²) in [5.74, 6) is 0.698. The quantitative estimate of drug-likeness (QED) is 0.695. The lowest BCUT2D eigenvalue weighted by atomic mass is 10.1. The molecular weight excluding hydrogens is 354 g/mol. The number of hydrogen-bond donors (Lipinski definition) is 0. The first kappa shape index (κ1) is 16.1. The molecule has 2 bridgehead atoms. The molecular formula is C20H23N7O. The SMILES string of the molecule is Cn1cc(-c2cn3nccc(N4CC5CCC(C4)N5C(=O)C4CC4)c3n2)cn1. The smallest absolute Gasteiger partial charge is 0.226 e. The standard InChI is InChI=1S/C20H23N7O/c1-24-9-14(8-22-24)17-12-26-19(23-17)18(6-7-21-26)25-10-15-4-5-16(11-25)27(15)20(28)13-2-3-13/h6-9,12-13,15-16H,2-5,10-11H2,1H3. The average Bonchev–Trinajstić information content (AvgIpc) is 3.22. The van der Waals surface area contributed by atoms with Crippen LogP contribution in [0.5, 0.6) is 0 Å². The number of carbonyl (C=O) groups is 1. The van der Waals surface area contributed by atoms with Crippen molar-refractivity contribution in [1.29, 1.82) is 0 Å². The van der Waals surface area contributed by atoms with Crippen LogP contribution in [-0.4, -0.2) is 60.4 Å². The third kappa shape index (κ3) is 2.43. The summed E-state index contributed by atoms with van der Waals surface area (Å²) in [7, 11) is 1.90. The number of rotatable bonds is 3. The Labute approximate surface area is 162 Å². The lowest BCUT2D eigenvalue weighted by Crippen LogP contribution is -2.56. The Morgan fingerprint density at radius 1 is 1.07 bits per heavy atom. The number of anilines is 1. The summed E-state index contributed by atoms with van der Waals surface area (Å²) in [6.45, 7) is 1.76. The van der Waals surface area contributed by atoms with Gasteiger partial charge in [-0.3, -0.25) is 9.48 Å². The minimum Gasteiger partial charge on any atom is -0.364 e. The molecule has 2 atom stereocenters. The molecule has 1 aliphatic carbocycles. The average molecular weight is 377 g/mol. The Morgan fingerprint density at radius 2 is 1.86 bits per heavy atom. The van der Waals surface area contributed by atoms with Crippen LogP contribution in [0.25, 0.3) is 16.9 Å². The highest BCUT2D eigenvalue weighted by Gasteiger charge is 2.46. The molecule has 2 unspecified atom stereocenters. The molecule has 0 radical (unpaired) electrons. The highest BCUT2D eigenvalue weighted by Crippen LogP contribution is 2.39. The number of amides is 1. The topological polar surface area (TPSA) is 71.6 Å². The fourth-order valence-corrected chi connectivity index (χ4v) is 4.82. The van der Waals surface area contributed by atoms with Crippen molar-refractivity contribution in [3.63, 3.8) is 0 Å². The van der Waals surface area contributed by atoms with E-state index in [1.165, 1.54) is 0 Å². The fraction of sp³-hybridized carbons (Fsp3) is 0.500. The predicted molar refractivity (Wildman–Crippen MR) is 104 cm³/mol. The first-order valence-corrected chi connectivity index (χ1v) is 10.1. The van der Waals surface area contributed by atoms with Crippen LogP contribution in [0.2, 0.25) is 0 Å². The van der Waals surface area contributed by atoms with Crippen LogP contribution in [0.4, 0.5) is 5.69 Å². The monoisotopic (exact) mass is 377 g/mol. The molecule has 1 saturated carbocycles. The molecule has 3 aromatic heterocycles. The van der Waals surface area contributed by atoms with Crippen LogP contribution in [-0.2, 0) is 11.8 Å². The van der Waals surface area contributed by atoms with Crippen LogP contribution in [0, 0.1) is 5.92 Å². The van der Waals surface area contributed by atoms with E-state index in [1.54, 1.807) is 4.68 Å². The molecule has 2 saturated heterocycles. The molecule has 144 valence electrons. The molecule has 3 fully saturated rings. The maximum atomic E-state index is 12.7. The normalized spacial score (nSPS) is 24.3. The first-order chi connectivity index (χ1) is 13.7. The minimum atomic E-state index is 0.302. The van der Waals surface area contributed by atoms with Crippen LogP contribution in [0.3, 0.4) is 0 Å². The summed E-state index contributed by atoms with van der Waals surface area (Å²) < 4.78 is 3.63. The molecule has 28 heavy (non-hydrogen) atoms. The van der Waals surface area contributed by atoms with Gasteiger partial charge in [0.1, 0.15) is 0 Å². The van der Waals surface area contributed by atoms with Crippen molar-refractivity contribution in [2.24, 2.45) is 13.0 Å². The molecule has 5 heterocycles. The van der Waals surface area contributed by atoms with E-state index in [0.717, 1.165) is 61.4 Å². The van der Waals surface area contributed by atoms with E-state index in [-0.39, 0.29) is 0 Å². The zero-order valence-corrected chi connectivity index (χ0v) is 15.9. The molecule has 0 spiro atoms. The Hall–Kier alpha value is -2.90. The van der Waals surface area contributed by atoms with Crippen molar-refractivity contribution in [1.82, 2.24) is 29.3 Å². The van der Waals surface area contributed by atoms with Gasteiger partial charge < -0.3 is 9.80 Å². The Balaban J connectivity index is 1.33. The summed E-state index contributed by atoms with van der Waals surface area (Å²) in [5, 5.41) is 8.70. The predicted octanol–water partition coefficient (Wildman–Crippen LogP) is 1.72. The van der Waals surface area contributed by atoms with Crippen LogP contribution >= 0.6 is 0 Å². The Kier molecular flexibility index (Phi) is 3.33. The lowest BCUT2D eigenvalue weighted by Gasteiger charge is -2.42. The van der Waals surface area contributed by atoms with Gasteiger partial charge in [0.25, 0.3) is 0 Å². The summed E-state index contributed by atoms with van der Waals surface area (Å²) >= 11 is 0. The van der Waals surface area contributed by atoms with Gasteiger partial charge in [-0.1, -0.05) is 0 Å². The van der Waals surface area contributed by atoms with Crippen molar-refractivity contribution in [2.75, 3.05) is 18.0 Å². The van der Waals surface area contributed by atoms with Crippen LogP contribution in [0.15, 0.2) is 30.9 Å². The summed E-state index contributed by atoms with van der Waals surface area (Å²) in [4.78, 5) is 22.2. The Bertz CT molecular complexity index is 1050. The van der Waals surface area contributed by atoms with Gasteiger partial charge in [0, 0.05) is 49.9 Å². The number of carbonyl (C=O) groups excluding carboxylic acids is 1. The van der Waals surface area contributed by atoms with Crippen molar-refractivity contribution >= 4 is 17.2 Å². The fourth-order valence-electron chi connectivity index (χ4n) is 4.82. The number of piperazine rings is 1. The summed E-state index contributed by atoms with van der Waals surface area (Å²) in [6, 6.07) is 2.70. The van der Waals surface area contributed by atoms with E-state index < -0.39 is 0 Å². The van der Waals surface area contributed by atoms with Gasteiger partial charge in [-0.15, -0.1) is 0 Å². The molecule has 3 aromatic rings. The maximum Gasteiger partial charge on any atom is 0.226 e. The van der Waals surface area contributed by atoms with E-state index in [1.807, 2.05) is 42.4 Å². The largest absolute Gasteiger partial charge is 0.364 e. The number of aryl methyl sites for hydroxylation is 1. The van der Waals surface area contributed by atoms with E-state index in [2.05, 4.69) is 20.0 Å². The van der Waals surface area contributed by atoms with Crippen LogP contribution < -0.4 is 4.90 Å². The number of nitrogens with zero attached hydrogens (tertiary/aromatic N) is 7. The molecule has 6 rings (SSSR count). The van der Waals surface area contributed by atoms with Crippen molar-refractivity contribution < 1.29 is 4.79 Å². The first-order valence-electron chi connectivity index (χ1n) is 10.1. The van der Waals surface area contributed by atoms with E-state index in [9.17, 15) is 4.79 Å². The van der Waals surface area contributed by atoms with Gasteiger partial charge in [0.05, 0.1) is 30.0 Å². The van der Waals surface area contributed by atoms with Crippen molar-refractivity contribution in [3.05, 3.63) is 30.9 Å². The van der Waals surface area contributed by atoms with Crippen molar-refractivity contribution in [2.45, 2.75) is 37.8 Å². The third-order valence-electron chi connectivity index (χ3n) is 6.35. The molecule has 1 amide bonds. The zero-order valence-electron chi connectivity index (χ0n) is 15.9. The van der Waals surface area contributed by atoms with Gasteiger partial charge in [-0.2, -0.15) is 10.2 Å². The number of imidazole rings is 1. The van der Waals surface area contributed by atoms with Gasteiger partial charge >= 0.3 is 0 Å². The second kappa shape index (κ2) is 5.80. The number of fused-ring (bicyclic) bond motifs is 3. The highest BCUT2D eigenvalue weighted by atomic mass is 16.2. The van der Waals surface area contributed by atoms with Gasteiger partial charge in [-0.25, -0.2) is 9.50 Å². The number of hydrogen-bond acceptors (Lipinski definition) is 5.